The SMILES string of the molecule is CCCCCCCCCCCCOc1ccc(C=CC(=O)OC)c(OCCCCCCCCCCCC)c1OCCCCCCCCCCCC. The van der Waals surface area contributed by atoms with Crippen LogP contribution < -0.4 is 14.2 Å². The van der Waals surface area contributed by atoms with E-state index in [1.807, 2.05) is 12.1 Å². The third kappa shape index (κ3) is 27.1. The molecular weight excluding hydrogens is 633 g/mol. The van der Waals surface area contributed by atoms with Gasteiger partial charge in [-0.25, -0.2) is 4.79 Å². The molecule has 0 saturated carbocycles. The number of ether oxygens (including phenoxy) is 4. The van der Waals surface area contributed by atoms with Crippen LogP contribution in [0.25, 0.3) is 6.08 Å². The molecule has 1 aromatic rings. The van der Waals surface area contributed by atoms with Gasteiger partial charge >= 0.3 is 5.97 Å². The number of hydrogen-bond acceptors (Lipinski definition) is 5. The fourth-order valence-corrected chi connectivity index (χ4v) is 6.62. The quantitative estimate of drug-likeness (QED) is 0.0388. The molecule has 0 aromatic heterocycles. The van der Waals surface area contributed by atoms with Gasteiger partial charge in [-0.3, -0.25) is 0 Å². The standard InChI is InChI=1S/C46H82O5/c1-5-8-11-14-17-20-23-26-29-32-39-49-43-37-35-42(36-38-44(47)48-4)45(50-40-33-30-27-24-21-18-15-12-9-6-2)46(43)51-41-34-31-28-25-22-19-16-13-10-7-3/h35-38H,5-34,39-41H2,1-4H3. The summed E-state index contributed by atoms with van der Waals surface area (Å²) >= 11 is 0. The Morgan fingerprint density at radius 1 is 0.451 bits per heavy atom. The number of unbranched alkanes of at least 4 members (excludes halogenated alkanes) is 27. The van der Waals surface area contributed by atoms with Gasteiger partial charge in [0.05, 0.1) is 26.9 Å². The topological polar surface area (TPSA) is 54.0 Å². The average Bonchev–Trinajstić information content (AvgIpc) is 3.14. The second-order valence-electron chi connectivity index (χ2n) is 14.8. The maximum atomic E-state index is 12.0. The lowest BCUT2D eigenvalue weighted by Gasteiger charge is -2.19. The molecule has 0 aliphatic heterocycles. The average molecular weight is 715 g/mol. The van der Waals surface area contributed by atoms with E-state index >= 15 is 0 Å². The summed E-state index contributed by atoms with van der Waals surface area (Å²) in [6, 6.07) is 3.96. The molecule has 296 valence electrons. The van der Waals surface area contributed by atoms with Crippen LogP contribution in [0.4, 0.5) is 0 Å². The highest BCUT2D eigenvalue weighted by molar-refractivity contribution is 5.88. The Morgan fingerprint density at radius 3 is 1.16 bits per heavy atom. The number of methoxy groups -OCH3 is 1. The highest BCUT2D eigenvalue weighted by Crippen LogP contribution is 2.41. The molecule has 0 aliphatic carbocycles. The Labute approximate surface area is 316 Å². The van der Waals surface area contributed by atoms with Gasteiger partial charge in [-0.2, -0.15) is 0 Å². The van der Waals surface area contributed by atoms with Gasteiger partial charge in [0.1, 0.15) is 0 Å². The van der Waals surface area contributed by atoms with E-state index in [2.05, 4.69) is 20.8 Å². The third-order valence-corrected chi connectivity index (χ3v) is 9.95. The van der Waals surface area contributed by atoms with Crippen molar-refractivity contribution in [2.75, 3.05) is 26.9 Å². The Bertz CT molecular complexity index is 942. The lowest BCUT2D eigenvalue weighted by molar-refractivity contribution is -0.134. The Kier molecular flexibility index (Phi) is 33.3. The molecule has 0 fully saturated rings. The van der Waals surface area contributed by atoms with Crippen LogP contribution in [0.3, 0.4) is 0 Å². The molecule has 5 nitrogen and oxygen atoms in total. The zero-order valence-electron chi connectivity index (χ0n) is 34.2. The van der Waals surface area contributed by atoms with Crippen LogP contribution in [0, 0.1) is 0 Å². The fourth-order valence-electron chi connectivity index (χ4n) is 6.62. The van der Waals surface area contributed by atoms with Gasteiger partial charge in [0, 0.05) is 11.6 Å². The maximum absolute atomic E-state index is 12.0. The van der Waals surface area contributed by atoms with Crippen LogP contribution in [0.5, 0.6) is 17.2 Å². The van der Waals surface area contributed by atoms with E-state index in [9.17, 15) is 4.79 Å². The number of carbonyl (C=O) groups is 1. The lowest BCUT2D eigenvalue weighted by Crippen LogP contribution is -2.07. The van der Waals surface area contributed by atoms with Gasteiger partial charge in [-0.15, -0.1) is 0 Å². The van der Waals surface area contributed by atoms with Gasteiger partial charge in [0.25, 0.3) is 0 Å². The molecule has 1 rings (SSSR count). The molecule has 0 saturated heterocycles. The Morgan fingerprint density at radius 2 is 0.784 bits per heavy atom. The first kappa shape index (κ1) is 46.9. The van der Waals surface area contributed by atoms with Crippen molar-refractivity contribution in [3.63, 3.8) is 0 Å². The van der Waals surface area contributed by atoms with Crippen molar-refractivity contribution in [2.24, 2.45) is 0 Å². The highest BCUT2D eigenvalue weighted by atomic mass is 16.5. The normalized spacial score (nSPS) is 11.4. The summed E-state index contributed by atoms with van der Waals surface area (Å²) in [5.74, 6) is 1.71. The van der Waals surface area contributed by atoms with Crippen LogP contribution in [0.2, 0.25) is 0 Å². The van der Waals surface area contributed by atoms with Crippen LogP contribution >= 0.6 is 0 Å². The van der Waals surface area contributed by atoms with Crippen LogP contribution in [0.1, 0.15) is 219 Å². The van der Waals surface area contributed by atoms with E-state index in [1.165, 1.54) is 180 Å². The Hall–Kier alpha value is -2.17. The van der Waals surface area contributed by atoms with Crippen molar-refractivity contribution >= 4 is 12.0 Å². The first-order valence-electron chi connectivity index (χ1n) is 22.0. The number of rotatable bonds is 38. The van der Waals surface area contributed by atoms with Crippen molar-refractivity contribution in [3.05, 3.63) is 23.8 Å². The summed E-state index contributed by atoms with van der Waals surface area (Å²) in [6.07, 6.45) is 41.9. The summed E-state index contributed by atoms with van der Waals surface area (Å²) < 4.78 is 24.3. The molecule has 0 atom stereocenters. The summed E-state index contributed by atoms with van der Waals surface area (Å²) in [7, 11) is 1.40. The predicted molar refractivity (Wildman–Crippen MR) is 220 cm³/mol. The molecule has 5 heteroatoms. The zero-order valence-corrected chi connectivity index (χ0v) is 34.2. The van der Waals surface area contributed by atoms with Gasteiger partial charge in [0.2, 0.25) is 5.75 Å². The molecule has 1 aromatic carbocycles. The van der Waals surface area contributed by atoms with Gasteiger partial charge in [0.15, 0.2) is 11.5 Å². The van der Waals surface area contributed by atoms with Crippen molar-refractivity contribution < 1.29 is 23.7 Å². The molecule has 0 radical (unpaired) electrons. The second-order valence-corrected chi connectivity index (χ2v) is 14.8. The Balaban J connectivity index is 2.78. The monoisotopic (exact) mass is 715 g/mol. The number of benzene rings is 1. The minimum Gasteiger partial charge on any atom is -0.490 e. The van der Waals surface area contributed by atoms with E-state index in [4.69, 9.17) is 18.9 Å². The molecule has 51 heavy (non-hydrogen) atoms. The molecular formula is C46H82O5. The molecule has 0 N–H and O–H groups in total. The second kappa shape index (κ2) is 36.2. The summed E-state index contributed by atoms with van der Waals surface area (Å²) in [4.78, 5) is 12.0. The smallest absolute Gasteiger partial charge is 0.330 e. The van der Waals surface area contributed by atoms with Crippen LogP contribution in [0.15, 0.2) is 18.2 Å². The maximum Gasteiger partial charge on any atom is 0.330 e. The van der Waals surface area contributed by atoms with E-state index in [0.29, 0.717) is 31.3 Å². The van der Waals surface area contributed by atoms with E-state index in [-0.39, 0.29) is 5.97 Å². The fraction of sp³-hybridized carbons (Fsp3) is 0.804. The molecule has 0 unspecified atom stereocenters. The molecule has 0 amide bonds. The summed E-state index contributed by atoms with van der Waals surface area (Å²) in [5, 5.41) is 0. The predicted octanol–water partition coefficient (Wildman–Crippen LogP) is 14.8. The number of hydrogen-bond donors (Lipinski definition) is 0. The van der Waals surface area contributed by atoms with E-state index < -0.39 is 0 Å². The molecule has 0 bridgehead atoms. The number of carbonyl (C=O) groups excluding carboxylic acids is 1. The largest absolute Gasteiger partial charge is 0.490 e. The van der Waals surface area contributed by atoms with Crippen molar-refractivity contribution in [1.82, 2.24) is 0 Å². The lowest BCUT2D eigenvalue weighted by atomic mass is 10.1. The van der Waals surface area contributed by atoms with Crippen LogP contribution in [-0.2, 0) is 9.53 Å². The first-order chi connectivity index (χ1) is 25.2. The van der Waals surface area contributed by atoms with Gasteiger partial charge in [-0.1, -0.05) is 194 Å². The van der Waals surface area contributed by atoms with Crippen LogP contribution in [-0.4, -0.2) is 32.9 Å². The minimum atomic E-state index is -0.384. The zero-order chi connectivity index (χ0) is 36.9. The van der Waals surface area contributed by atoms with Gasteiger partial charge < -0.3 is 18.9 Å². The third-order valence-electron chi connectivity index (χ3n) is 9.95. The molecule has 0 spiro atoms. The van der Waals surface area contributed by atoms with Crippen molar-refractivity contribution in [3.8, 4) is 17.2 Å². The first-order valence-corrected chi connectivity index (χ1v) is 22.0. The summed E-state index contributed by atoms with van der Waals surface area (Å²) in [5.41, 5.74) is 0.817. The highest BCUT2D eigenvalue weighted by Gasteiger charge is 2.18. The van der Waals surface area contributed by atoms with Crippen molar-refractivity contribution in [2.45, 2.75) is 213 Å². The minimum absolute atomic E-state index is 0.384. The van der Waals surface area contributed by atoms with Crippen molar-refractivity contribution in [1.29, 1.82) is 0 Å². The van der Waals surface area contributed by atoms with Gasteiger partial charge in [-0.05, 0) is 37.5 Å². The number of esters is 1. The van der Waals surface area contributed by atoms with E-state index in [0.717, 1.165) is 37.0 Å². The molecule has 0 heterocycles. The van der Waals surface area contributed by atoms with E-state index in [1.54, 1.807) is 6.08 Å². The summed E-state index contributed by atoms with van der Waals surface area (Å²) in [6.45, 7) is 8.74. The molecule has 0 aliphatic rings.